The second kappa shape index (κ2) is 7.56. The highest BCUT2D eigenvalue weighted by molar-refractivity contribution is 7.18. The quantitative estimate of drug-likeness (QED) is 0.519. The van der Waals surface area contributed by atoms with Gasteiger partial charge >= 0.3 is 6.18 Å². The van der Waals surface area contributed by atoms with Gasteiger partial charge in [0.25, 0.3) is 5.56 Å². The van der Waals surface area contributed by atoms with Gasteiger partial charge in [0.1, 0.15) is 10.7 Å². The summed E-state index contributed by atoms with van der Waals surface area (Å²) in [7, 11) is 1.68. The average Bonchev–Trinajstić information content (AvgIpc) is 3.25. The van der Waals surface area contributed by atoms with E-state index in [1.165, 1.54) is 17.5 Å². The lowest BCUT2D eigenvalue weighted by Crippen LogP contribution is -2.19. The summed E-state index contributed by atoms with van der Waals surface area (Å²) in [5.41, 5.74) is -0.583. The number of rotatable bonds is 5. The molecule has 0 aliphatic carbocycles. The minimum atomic E-state index is -4.61. The van der Waals surface area contributed by atoms with Gasteiger partial charge < -0.3 is 9.88 Å². The maximum absolute atomic E-state index is 13.6. The van der Waals surface area contributed by atoms with Crippen molar-refractivity contribution in [3.05, 3.63) is 69.1 Å². The van der Waals surface area contributed by atoms with E-state index in [1.54, 1.807) is 42.5 Å². The zero-order chi connectivity index (χ0) is 21.5. The fourth-order valence-electron chi connectivity index (χ4n) is 3.15. The SMILES string of the molecule is Cc1cc2c(=O)[nH]c(Cn3cc(CN(C)c4cccnc4)c(C(F)(F)F)n3)nc2s1. The third kappa shape index (κ3) is 4.06. The summed E-state index contributed by atoms with van der Waals surface area (Å²) in [6.45, 7) is 1.77. The molecular weight excluding hydrogens is 417 g/mol. The highest BCUT2D eigenvalue weighted by atomic mass is 32.1. The topological polar surface area (TPSA) is 79.7 Å². The van der Waals surface area contributed by atoms with Crippen molar-refractivity contribution in [1.82, 2.24) is 24.7 Å². The summed E-state index contributed by atoms with van der Waals surface area (Å²) in [6.07, 6.45) is -0.105. The number of halogens is 3. The number of aromatic amines is 1. The monoisotopic (exact) mass is 434 g/mol. The van der Waals surface area contributed by atoms with E-state index in [9.17, 15) is 18.0 Å². The molecule has 4 heterocycles. The van der Waals surface area contributed by atoms with Gasteiger partial charge in [-0.3, -0.25) is 14.5 Å². The predicted molar refractivity (Wildman–Crippen MR) is 108 cm³/mol. The molecule has 0 spiro atoms. The smallest absolute Gasteiger partial charge is 0.369 e. The molecule has 1 N–H and O–H groups in total. The number of aromatic nitrogens is 5. The Labute approximate surface area is 172 Å². The summed E-state index contributed by atoms with van der Waals surface area (Å²) in [6, 6.07) is 5.21. The largest absolute Gasteiger partial charge is 0.435 e. The number of fused-ring (bicyclic) bond motifs is 1. The Bertz CT molecular complexity index is 1240. The van der Waals surface area contributed by atoms with Gasteiger partial charge in [0, 0.05) is 36.4 Å². The first-order chi connectivity index (χ1) is 14.2. The molecule has 4 aromatic heterocycles. The maximum atomic E-state index is 13.6. The molecule has 11 heteroatoms. The number of hydrogen-bond acceptors (Lipinski definition) is 6. The maximum Gasteiger partial charge on any atom is 0.435 e. The molecule has 0 bridgehead atoms. The number of alkyl halides is 3. The normalized spacial score (nSPS) is 11.9. The van der Waals surface area contributed by atoms with E-state index < -0.39 is 11.9 Å². The molecule has 4 aromatic rings. The lowest BCUT2D eigenvalue weighted by atomic mass is 10.2. The number of hydrogen-bond donors (Lipinski definition) is 1. The molecule has 30 heavy (non-hydrogen) atoms. The molecule has 156 valence electrons. The number of anilines is 1. The first-order valence-corrected chi connectivity index (χ1v) is 9.76. The van der Waals surface area contributed by atoms with Crippen LogP contribution in [0, 0.1) is 6.92 Å². The van der Waals surface area contributed by atoms with Crippen molar-refractivity contribution >= 4 is 27.2 Å². The fourth-order valence-corrected chi connectivity index (χ4v) is 4.05. The summed E-state index contributed by atoms with van der Waals surface area (Å²) in [5.74, 6) is 0.248. The molecule has 0 aromatic carbocycles. The van der Waals surface area contributed by atoms with Gasteiger partial charge in [0.15, 0.2) is 5.69 Å². The lowest BCUT2D eigenvalue weighted by molar-refractivity contribution is -0.142. The molecule has 0 saturated heterocycles. The Balaban J connectivity index is 1.65. The van der Waals surface area contributed by atoms with Crippen molar-refractivity contribution in [3.63, 3.8) is 0 Å². The second-order valence-electron chi connectivity index (χ2n) is 6.85. The minimum absolute atomic E-state index is 0.00631. The molecule has 4 rings (SSSR count). The standard InChI is InChI=1S/C19H17F3N6OS/c1-11-6-14-17(29)24-15(25-18(14)30-11)10-28-9-12(16(26-28)19(20,21)22)8-27(2)13-4-3-5-23-7-13/h3-7,9H,8,10H2,1-2H3,(H,24,25,29). The second-order valence-corrected chi connectivity index (χ2v) is 8.09. The van der Waals surface area contributed by atoms with Crippen LogP contribution in [-0.4, -0.2) is 31.8 Å². The Kier molecular flexibility index (Phi) is 5.06. The molecule has 0 unspecified atom stereocenters. The Morgan fingerprint density at radius 3 is 2.83 bits per heavy atom. The third-order valence-corrected chi connectivity index (χ3v) is 5.43. The van der Waals surface area contributed by atoms with Crippen molar-refractivity contribution in [2.75, 3.05) is 11.9 Å². The van der Waals surface area contributed by atoms with E-state index in [-0.39, 0.29) is 30.0 Å². The van der Waals surface area contributed by atoms with Crippen molar-refractivity contribution in [3.8, 4) is 0 Å². The zero-order valence-electron chi connectivity index (χ0n) is 16.1. The molecule has 0 radical (unpaired) electrons. The van der Waals surface area contributed by atoms with Crippen LogP contribution in [0.1, 0.15) is 22.0 Å². The van der Waals surface area contributed by atoms with Crippen LogP contribution in [0.3, 0.4) is 0 Å². The van der Waals surface area contributed by atoms with Gasteiger partial charge in [-0.1, -0.05) is 0 Å². The van der Waals surface area contributed by atoms with Crippen molar-refractivity contribution in [2.24, 2.45) is 0 Å². The van der Waals surface area contributed by atoms with Gasteiger partial charge in [-0.25, -0.2) is 4.98 Å². The Morgan fingerprint density at radius 1 is 1.33 bits per heavy atom. The molecule has 0 fully saturated rings. The first kappa shape index (κ1) is 20.1. The van der Waals surface area contributed by atoms with E-state index >= 15 is 0 Å². The van der Waals surface area contributed by atoms with Gasteiger partial charge in [-0.2, -0.15) is 18.3 Å². The van der Waals surface area contributed by atoms with Crippen LogP contribution in [0.2, 0.25) is 0 Å². The number of thiophene rings is 1. The van der Waals surface area contributed by atoms with Crippen LogP contribution in [0.25, 0.3) is 10.2 Å². The molecule has 0 saturated carbocycles. The molecular formula is C19H17F3N6OS. The Morgan fingerprint density at radius 2 is 2.13 bits per heavy atom. The van der Waals surface area contributed by atoms with Crippen LogP contribution < -0.4 is 10.5 Å². The Hall–Kier alpha value is -3.21. The summed E-state index contributed by atoms with van der Waals surface area (Å²) in [5, 5.41) is 4.20. The van der Waals surface area contributed by atoms with Gasteiger partial charge in [-0.05, 0) is 25.1 Å². The molecule has 0 atom stereocenters. The number of nitrogens with zero attached hydrogens (tertiary/aromatic N) is 5. The van der Waals surface area contributed by atoms with Crippen LogP contribution in [0.15, 0.2) is 41.6 Å². The highest BCUT2D eigenvalue weighted by Crippen LogP contribution is 2.32. The third-order valence-electron chi connectivity index (χ3n) is 4.49. The number of pyridine rings is 1. The van der Waals surface area contributed by atoms with Crippen molar-refractivity contribution in [1.29, 1.82) is 0 Å². The number of nitrogens with one attached hydrogen (secondary N) is 1. The molecule has 0 aliphatic rings. The lowest BCUT2D eigenvalue weighted by Gasteiger charge is -2.18. The zero-order valence-corrected chi connectivity index (χ0v) is 16.9. The summed E-state index contributed by atoms with van der Waals surface area (Å²) >= 11 is 1.36. The van der Waals surface area contributed by atoms with E-state index in [0.717, 1.165) is 9.56 Å². The number of aryl methyl sites for hydroxylation is 1. The van der Waals surface area contributed by atoms with Crippen molar-refractivity contribution in [2.45, 2.75) is 26.2 Å². The van der Waals surface area contributed by atoms with E-state index in [1.807, 2.05) is 6.92 Å². The predicted octanol–water partition coefficient (Wildman–Crippen LogP) is 3.59. The number of H-pyrrole nitrogens is 1. The van der Waals surface area contributed by atoms with Crippen LogP contribution >= 0.6 is 11.3 Å². The van der Waals surface area contributed by atoms with Crippen molar-refractivity contribution < 1.29 is 13.2 Å². The fraction of sp³-hybridized carbons (Fsp3) is 0.263. The summed E-state index contributed by atoms with van der Waals surface area (Å²) < 4.78 is 41.8. The molecule has 0 amide bonds. The minimum Gasteiger partial charge on any atom is -0.369 e. The highest BCUT2D eigenvalue weighted by Gasteiger charge is 2.37. The van der Waals surface area contributed by atoms with E-state index in [4.69, 9.17) is 0 Å². The molecule has 7 nitrogen and oxygen atoms in total. The van der Waals surface area contributed by atoms with E-state index in [0.29, 0.717) is 15.9 Å². The van der Waals surface area contributed by atoms with Crippen LogP contribution in [0.4, 0.5) is 18.9 Å². The van der Waals surface area contributed by atoms with Gasteiger partial charge in [0.05, 0.1) is 23.8 Å². The van der Waals surface area contributed by atoms with E-state index in [2.05, 4.69) is 20.1 Å². The van der Waals surface area contributed by atoms with Crippen LogP contribution in [-0.2, 0) is 19.3 Å². The van der Waals surface area contributed by atoms with Crippen LogP contribution in [0.5, 0.6) is 0 Å². The molecule has 0 aliphatic heterocycles. The van der Waals surface area contributed by atoms with Gasteiger partial charge in [-0.15, -0.1) is 11.3 Å². The summed E-state index contributed by atoms with van der Waals surface area (Å²) in [4.78, 5) is 26.3. The average molecular weight is 434 g/mol. The van der Waals surface area contributed by atoms with Gasteiger partial charge in [0.2, 0.25) is 0 Å². The first-order valence-electron chi connectivity index (χ1n) is 8.95.